The monoisotopic (exact) mass is 735 g/mol. The number of carbonyl (C=O) groups excluding carboxylic acids is 4. The molecule has 3 aliphatic carbocycles. The van der Waals surface area contributed by atoms with Crippen molar-refractivity contribution in [1.82, 2.24) is 25.8 Å². The molecular formula is C40H62BN5O7. The zero-order valence-corrected chi connectivity index (χ0v) is 33.5. The van der Waals surface area contributed by atoms with E-state index in [-0.39, 0.29) is 30.4 Å². The Kier molecular flexibility index (Phi) is 10.7. The molecule has 1 aromatic rings. The molecule has 3 heterocycles. The van der Waals surface area contributed by atoms with Crippen LogP contribution in [0.1, 0.15) is 112 Å². The minimum absolute atomic E-state index is 0.0232. The number of hydrogen-bond donors (Lipinski definition) is 3. The van der Waals surface area contributed by atoms with Gasteiger partial charge in [0.15, 0.2) is 0 Å². The summed E-state index contributed by atoms with van der Waals surface area (Å²) in [4.78, 5) is 58.9. The predicted octanol–water partition coefficient (Wildman–Crippen LogP) is 5.22. The maximum absolute atomic E-state index is 14.6. The highest BCUT2D eigenvalue weighted by Gasteiger charge is 2.68. The topological polar surface area (TPSA) is 139 Å². The molecule has 2 saturated heterocycles. The summed E-state index contributed by atoms with van der Waals surface area (Å²) in [6.45, 7) is 21.1. The van der Waals surface area contributed by atoms with Gasteiger partial charge in [-0.05, 0) is 87.2 Å². The summed E-state index contributed by atoms with van der Waals surface area (Å²) in [6, 6.07) is 5.68. The van der Waals surface area contributed by atoms with E-state index in [4.69, 9.17) is 14.0 Å². The summed E-state index contributed by atoms with van der Waals surface area (Å²) < 4.78 is 19.4. The summed E-state index contributed by atoms with van der Waals surface area (Å²) >= 11 is 0. The lowest BCUT2D eigenvalue weighted by molar-refractivity contribution is -0.199. The van der Waals surface area contributed by atoms with E-state index in [2.05, 4.69) is 49.7 Å². The summed E-state index contributed by atoms with van der Waals surface area (Å²) in [7, 11) is -0.615. The van der Waals surface area contributed by atoms with Crippen molar-refractivity contribution in [2.24, 2.45) is 22.7 Å². The Hall–Kier alpha value is -3.32. The zero-order chi connectivity index (χ0) is 38.7. The van der Waals surface area contributed by atoms with Crippen LogP contribution in [0.5, 0.6) is 0 Å². The van der Waals surface area contributed by atoms with Crippen LogP contribution in [0.4, 0.5) is 9.59 Å². The maximum atomic E-state index is 14.6. The second-order valence-corrected chi connectivity index (χ2v) is 19.1. The first-order valence-electron chi connectivity index (χ1n) is 19.8. The molecule has 6 aliphatic rings. The van der Waals surface area contributed by atoms with Crippen molar-refractivity contribution < 1.29 is 33.2 Å². The molecule has 3 saturated carbocycles. The molecule has 5 amide bonds. The average Bonchev–Trinajstić information content (AvgIpc) is 3.66. The smallest absolute Gasteiger partial charge is 0.444 e. The number of benzene rings is 1. The first-order chi connectivity index (χ1) is 24.7. The zero-order valence-electron chi connectivity index (χ0n) is 33.5. The van der Waals surface area contributed by atoms with Crippen molar-refractivity contribution in [3.63, 3.8) is 0 Å². The van der Waals surface area contributed by atoms with E-state index in [9.17, 15) is 19.2 Å². The quantitative estimate of drug-likeness (QED) is 0.312. The maximum Gasteiger partial charge on any atom is 0.481 e. The molecule has 0 unspecified atom stereocenters. The minimum atomic E-state index is -0.959. The van der Waals surface area contributed by atoms with Gasteiger partial charge in [0.25, 0.3) is 0 Å². The van der Waals surface area contributed by atoms with Crippen molar-refractivity contribution >= 4 is 31.1 Å². The Bertz CT molecular complexity index is 1570. The van der Waals surface area contributed by atoms with Gasteiger partial charge in [-0.2, -0.15) is 0 Å². The number of carbonyl (C=O) groups is 4. The third-order valence-corrected chi connectivity index (χ3v) is 12.6. The molecule has 292 valence electrons. The Morgan fingerprint density at radius 3 is 2.34 bits per heavy atom. The van der Waals surface area contributed by atoms with Gasteiger partial charge in [-0.3, -0.25) is 9.59 Å². The van der Waals surface area contributed by atoms with Crippen LogP contribution in [0, 0.1) is 22.7 Å². The van der Waals surface area contributed by atoms with Crippen LogP contribution in [0.15, 0.2) is 24.3 Å². The lowest BCUT2D eigenvalue weighted by Gasteiger charge is -2.64. The van der Waals surface area contributed by atoms with Crippen LogP contribution in [0.25, 0.3) is 0 Å². The molecule has 3 N–H and O–H groups in total. The standard InChI is InChI=1S/C40H62BN5O7/c1-11-14-31(41-52-30-20-26-19-29(39(26,8)9)40(30,10)53-41)42-33(47)28-21-27(51-36(50)45-18-17-24-15-12-13-16-25(24)22-45)23-46(28)34(48)32(37(2,3)4)43-35(49)44-38(5,6)7/h12-13,15-16,26-32H,11,14,17-23H2,1-10H3,(H,42,47)(H2,43,44,49)/t26-,27+,28-,29-,30+,31-,32+,40-/m0/s1. The number of nitrogens with one attached hydrogen (secondary N) is 3. The van der Waals surface area contributed by atoms with Crippen LogP contribution >= 0.6 is 0 Å². The van der Waals surface area contributed by atoms with E-state index >= 15 is 0 Å². The number of rotatable bonds is 8. The molecule has 12 nitrogen and oxygen atoms in total. The van der Waals surface area contributed by atoms with E-state index in [0.717, 1.165) is 31.2 Å². The van der Waals surface area contributed by atoms with E-state index in [1.165, 1.54) is 10.5 Å². The molecule has 1 aromatic carbocycles. The second kappa shape index (κ2) is 14.4. The van der Waals surface area contributed by atoms with E-state index in [1.54, 1.807) is 4.90 Å². The molecule has 2 bridgehead atoms. The van der Waals surface area contributed by atoms with Gasteiger partial charge in [-0.25, -0.2) is 9.59 Å². The first-order valence-corrected chi connectivity index (χ1v) is 19.8. The third kappa shape index (κ3) is 7.93. The fraction of sp³-hybridized carbons (Fsp3) is 0.750. The number of amides is 5. The minimum Gasteiger partial charge on any atom is -0.444 e. The van der Waals surface area contributed by atoms with E-state index in [0.29, 0.717) is 31.3 Å². The molecule has 0 spiro atoms. The van der Waals surface area contributed by atoms with E-state index < -0.39 is 65.8 Å². The van der Waals surface area contributed by atoms with Gasteiger partial charge in [0, 0.05) is 25.0 Å². The molecule has 0 aromatic heterocycles. The third-order valence-electron chi connectivity index (χ3n) is 12.6. The molecule has 5 fully saturated rings. The fourth-order valence-electron chi connectivity index (χ4n) is 9.50. The Morgan fingerprint density at radius 1 is 1.00 bits per heavy atom. The number of ether oxygens (including phenoxy) is 1. The normalized spacial score (nSPS) is 30.0. The largest absolute Gasteiger partial charge is 0.481 e. The SMILES string of the molecule is CCC[C@H](NC(=O)[C@@H]1C[C@@H](OC(=O)N2CCc3ccccc3C2)CN1C(=O)[C@@H](NC(=O)NC(C)(C)C)C(C)(C)C)B1O[C@@H]2C[C@@H]3C[C@@H](C3(C)C)[C@]2(C)O1. The van der Waals surface area contributed by atoms with Gasteiger partial charge < -0.3 is 39.8 Å². The van der Waals surface area contributed by atoms with Crippen molar-refractivity contribution in [1.29, 1.82) is 0 Å². The predicted molar refractivity (Wildman–Crippen MR) is 203 cm³/mol. The van der Waals surface area contributed by atoms with Crippen LogP contribution < -0.4 is 16.0 Å². The van der Waals surface area contributed by atoms with Gasteiger partial charge in [0.2, 0.25) is 11.8 Å². The van der Waals surface area contributed by atoms with Crippen LogP contribution in [0.3, 0.4) is 0 Å². The number of nitrogens with zero attached hydrogens (tertiary/aromatic N) is 2. The molecule has 53 heavy (non-hydrogen) atoms. The lowest BCUT2D eigenvalue weighted by atomic mass is 9.43. The van der Waals surface area contributed by atoms with Gasteiger partial charge in [-0.1, -0.05) is 72.2 Å². The summed E-state index contributed by atoms with van der Waals surface area (Å²) in [5, 5.41) is 9.00. The highest BCUT2D eigenvalue weighted by atomic mass is 16.7. The summed E-state index contributed by atoms with van der Waals surface area (Å²) in [5.74, 6) is -0.222. The summed E-state index contributed by atoms with van der Waals surface area (Å²) in [5.41, 5.74) is 0.832. The van der Waals surface area contributed by atoms with Crippen molar-refractivity contribution in [3.8, 4) is 0 Å². The molecule has 8 atom stereocenters. The van der Waals surface area contributed by atoms with Crippen molar-refractivity contribution in [2.75, 3.05) is 13.1 Å². The van der Waals surface area contributed by atoms with Crippen LogP contribution in [-0.2, 0) is 36.6 Å². The number of hydrogen-bond acceptors (Lipinski definition) is 7. The Balaban J connectivity index is 1.21. The summed E-state index contributed by atoms with van der Waals surface area (Å²) in [6.07, 6.45) is 3.11. The molecule has 7 rings (SSSR count). The second-order valence-electron chi connectivity index (χ2n) is 19.1. The number of urea groups is 1. The van der Waals surface area contributed by atoms with Gasteiger partial charge >= 0.3 is 19.2 Å². The fourth-order valence-corrected chi connectivity index (χ4v) is 9.50. The van der Waals surface area contributed by atoms with Crippen LogP contribution in [0.2, 0.25) is 0 Å². The van der Waals surface area contributed by atoms with E-state index in [1.807, 2.05) is 59.7 Å². The molecule has 3 aliphatic heterocycles. The Morgan fingerprint density at radius 2 is 1.70 bits per heavy atom. The number of fused-ring (bicyclic) bond motifs is 1. The average molecular weight is 736 g/mol. The molecular weight excluding hydrogens is 673 g/mol. The van der Waals surface area contributed by atoms with Crippen molar-refractivity contribution in [2.45, 2.75) is 156 Å². The lowest BCUT2D eigenvalue weighted by Crippen LogP contribution is -2.65. The first kappa shape index (κ1) is 39.4. The number of likely N-dealkylation sites (tertiary alicyclic amines) is 1. The van der Waals surface area contributed by atoms with Crippen molar-refractivity contribution in [3.05, 3.63) is 35.4 Å². The molecule has 0 radical (unpaired) electrons. The Labute approximate surface area is 316 Å². The highest BCUT2D eigenvalue weighted by Crippen LogP contribution is 2.65. The molecule has 13 heteroatoms. The van der Waals surface area contributed by atoms with Gasteiger partial charge in [0.1, 0.15) is 18.2 Å². The van der Waals surface area contributed by atoms with Crippen LogP contribution in [-0.4, -0.2) is 95.3 Å². The van der Waals surface area contributed by atoms with Gasteiger partial charge in [0.05, 0.1) is 24.2 Å². The van der Waals surface area contributed by atoms with Gasteiger partial charge in [-0.15, -0.1) is 0 Å². The highest BCUT2D eigenvalue weighted by molar-refractivity contribution is 6.48.